The fourth-order valence-corrected chi connectivity index (χ4v) is 2.42. The van der Waals surface area contributed by atoms with Gasteiger partial charge in [0.15, 0.2) is 0 Å². The second kappa shape index (κ2) is 2.50. The van der Waals surface area contributed by atoms with Gasteiger partial charge in [0, 0.05) is 23.6 Å². The molecule has 0 spiro atoms. The molecule has 2 aromatic rings. The Bertz CT molecular complexity index is 544. The predicted molar refractivity (Wildman–Crippen MR) is 60.3 cm³/mol. The number of hydrogen-bond acceptors (Lipinski definition) is 0. The molecule has 1 heteroatoms. The first kappa shape index (κ1) is 7.86. The normalized spacial score (nSPS) is 14.6. The van der Waals surface area contributed by atoms with E-state index in [1.807, 2.05) is 0 Å². The molecule has 0 radical (unpaired) electrons. The zero-order valence-corrected chi connectivity index (χ0v) is 8.54. The molecule has 3 rings (SSSR count). The van der Waals surface area contributed by atoms with Gasteiger partial charge < -0.3 is 4.57 Å². The third-order valence-corrected chi connectivity index (χ3v) is 3.10. The zero-order valence-electron chi connectivity index (χ0n) is 8.54. The van der Waals surface area contributed by atoms with Gasteiger partial charge in [-0.3, -0.25) is 0 Å². The van der Waals surface area contributed by atoms with Gasteiger partial charge in [-0.1, -0.05) is 23.8 Å². The Morgan fingerprint density at radius 2 is 2.00 bits per heavy atom. The highest BCUT2D eigenvalue weighted by Crippen LogP contribution is 2.33. The van der Waals surface area contributed by atoms with E-state index in [1.54, 1.807) is 0 Å². The quantitative estimate of drug-likeness (QED) is 0.591. The van der Waals surface area contributed by atoms with Crippen molar-refractivity contribution in [1.29, 1.82) is 0 Å². The third kappa shape index (κ3) is 0.844. The Kier molecular flexibility index (Phi) is 1.41. The lowest BCUT2D eigenvalue weighted by atomic mass is 10.1. The molecule has 1 aromatic carbocycles. The molecule has 0 amide bonds. The standard InChI is InChI=1S/C13H13N/c1-9-7-11-10-5-3-4-6-12(10)14(2)13(11)8-9/h3-6,8H,7H2,1-2H3. The first-order valence-electron chi connectivity index (χ1n) is 5.01. The number of fused-ring (bicyclic) bond motifs is 3. The van der Waals surface area contributed by atoms with Crippen LogP contribution in [0, 0.1) is 0 Å². The van der Waals surface area contributed by atoms with Crippen LogP contribution in [0.3, 0.4) is 0 Å². The van der Waals surface area contributed by atoms with E-state index in [1.165, 1.54) is 27.7 Å². The summed E-state index contributed by atoms with van der Waals surface area (Å²) in [5, 5.41) is 1.41. The summed E-state index contributed by atoms with van der Waals surface area (Å²) < 4.78 is 2.29. The maximum atomic E-state index is 2.30. The predicted octanol–water partition coefficient (Wildman–Crippen LogP) is 3.14. The van der Waals surface area contributed by atoms with Crippen LogP contribution in [0.5, 0.6) is 0 Å². The lowest BCUT2D eigenvalue weighted by Crippen LogP contribution is -1.88. The molecule has 1 aromatic heterocycles. The number of nitrogens with zero attached hydrogens (tertiary/aromatic N) is 1. The average molecular weight is 183 g/mol. The summed E-state index contributed by atoms with van der Waals surface area (Å²) in [5.41, 5.74) is 5.71. The molecule has 0 aliphatic heterocycles. The van der Waals surface area contributed by atoms with E-state index in [0.717, 1.165) is 6.42 Å². The topological polar surface area (TPSA) is 4.93 Å². The van der Waals surface area contributed by atoms with Crippen LogP contribution in [-0.4, -0.2) is 4.57 Å². The van der Waals surface area contributed by atoms with Crippen LogP contribution in [-0.2, 0) is 13.5 Å². The van der Waals surface area contributed by atoms with Gasteiger partial charge >= 0.3 is 0 Å². The number of benzene rings is 1. The van der Waals surface area contributed by atoms with E-state index >= 15 is 0 Å². The van der Waals surface area contributed by atoms with E-state index in [9.17, 15) is 0 Å². The van der Waals surface area contributed by atoms with Gasteiger partial charge in [0.25, 0.3) is 0 Å². The second-order valence-electron chi connectivity index (χ2n) is 4.11. The van der Waals surface area contributed by atoms with Gasteiger partial charge in [-0.05, 0) is 31.1 Å². The molecule has 0 saturated heterocycles. The van der Waals surface area contributed by atoms with Crippen LogP contribution in [0.25, 0.3) is 17.0 Å². The van der Waals surface area contributed by atoms with Crippen molar-refractivity contribution < 1.29 is 0 Å². The Morgan fingerprint density at radius 1 is 1.21 bits per heavy atom. The summed E-state index contributed by atoms with van der Waals surface area (Å²) in [6, 6.07) is 8.64. The minimum Gasteiger partial charge on any atom is -0.344 e. The number of aryl methyl sites for hydroxylation is 1. The maximum Gasteiger partial charge on any atom is 0.0485 e. The van der Waals surface area contributed by atoms with Crippen molar-refractivity contribution in [2.75, 3.05) is 0 Å². The summed E-state index contributed by atoms with van der Waals surface area (Å²) in [7, 11) is 2.15. The van der Waals surface area contributed by atoms with Crippen LogP contribution in [0.15, 0.2) is 29.8 Å². The van der Waals surface area contributed by atoms with Crippen molar-refractivity contribution in [2.24, 2.45) is 7.05 Å². The summed E-state index contributed by atoms with van der Waals surface area (Å²) in [6.45, 7) is 2.20. The number of rotatable bonds is 0. The van der Waals surface area contributed by atoms with Crippen LogP contribution in [0.1, 0.15) is 18.2 Å². The van der Waals surface area contributed by atoms with Gasteiger partial charge in [0.2, 0.25) is 0 Å². The minimum atomic E-state index is 1.12. The fourth-order valence-electron chi connectivity index (χ4n) is 2.42. The first-order valence-corrected chi connectivity index (χ1v) is 5.01. The van der Waals surface area contributed by atoms with E-state index in [2.05, 4.69) is 48.9 Å². The van der Waals surface area contributed by atoms with Crippen molar-refractivity contribution >= 4 is 17.0 Å². The molecular formula is C13H13N. The molecule has 0 N–H and O–H groups in total. The van der Waals surface area contributed by atoms with Gasteiger partial charge in [0.05, 0.1) is 0 Å². The molecule has 0 bridgehead atoms. The number of para-hydroxylation sites is 1. The lowest BCUT2D eigenvalue weighted by molar-refractivity contribution is 0.951. The molecule has 1 aliphatic rings. The molecule has 0 fully saturated rings. The molecule has 1 nitrogen and oxygen atoms in total. The van der Waals surface area contributed by atoms with Gasteiger partial charge in [0.1, 0.15) is 0 Å². The maximum absolute atomic E-state index is 2.30. The minimum absolute atomic E-state index is 1.12. The van der Waals surface area contributed by atoms with Crippen molar-refractivity contribution in [1.82, 2.24) is 4.57 Å². The SMILES string of the molecule is CC1=Cc2c(c3ccccc3n2C)C1. The first-order chi connectivity index (χ1) is 6.77. The molecule has 0 atom stereocenters. The van der Waals surface area contributed by atoms with Crippen LogP contribution in [0.2, 0.25) is 0 Å². The highest BCUT2D eigenvalue weighted by Gasteiger charge is 2.17. The smallest absolute Gasteiger partial charge is 0.0485 e. The average Bonchev–Trinajstić information content (AvgIpc) is 2.68. The Morgan fingerprint density at radius 3 is 2.86 bits per heavy atom. The molecule has 14 heavy (non-hydrogen) atoms. The highest BCUT2D eigenvalue weighted by atomic mass is 14.9. The Balaban J connectivity index is 2.45. The monoisotopic (exact) mass is 183 g/mol. The molecule has 70 valence electrons. The van der Waals surface area contributed by atoms with Gasteiger partial charge in [-0.25, -0.2) is 0 Å². The van der Waals surface area contributed by atoms with E-state index in [4.69, 9.17) is 0 Å². The van der Waals surface area contributed by atoms with Gasteiger partial charge in [-0.2, -0.15) is 0 Å². The molecule has 0 unspecified atom stereocenters. The van der Waals surface area contributed by atoms with Crippen molar-refractivity contribution in [2.45, 2.75) is 13.3 Å². The summed E-state index contributed by atoms with van der Waals surface area (Å²) in [4.78, 5) is 0. The van der Waals surface area contributed by atoms with Crippen LogP contribution >= 0.6 is 0 Å². The van der Waals surface area contributed by atoms with E-state index in [0.29, 0.717) is 0 Å². The lowest BCUT2D eigenvalue weighted by Gasteiger charge is -1.98. The van der Waals surface area contributed by atoms with Crippen LogP contribution < -0.4 is 0 Å². The summed E-state index contributed by atoms with van der Waals surface area (Å²) >= 11 is 0. The fraction of sp³-hybridized carbons (Fsp3) is 0.231. The third-order valence-electron chi connectivity index (χ3n) is 3.10. The molecular weight excluding hydrogens is 170 g/mol. The van der Waals surface area contributed by atoms with E-state index in [-0.39, 0.29) is 0 Å². The largest absolute Gasteiger partial charge is 0.344 e. The summed E-state index contributed by atoms with van der Waals surface area (Å²) in [6.07, 6.45) is 3.42. The number of allylic oxidation sites excluding steroid dienone is 1. The Hall–Kier alpha value is -1.50. The number of aromatic nitrogens is 1. The van der Waals surface area contributed by atoms with Crippen LogP contribution in [0.4, 0.5) is 0 Å². The van der Waals surface area contributed by atoms with Crippen molar-refractivity contribution in [3.05, 3.63) is 41.1 Å². The van der Waals surface area contributed by atoms with Crippen molar-refractivity contribution in [3.63, 3.8) is 0 Å². The molecule has 1 heterocycles. The summed E-state index contributed by atoms with van der Waals surface area (Å²) in [5.74, 6) is 0. The van der Waals surface area contributed by atoms with E-state index < -0.39 is 0 Å². The molecule has 1 aliphatic carbocycles. The Labute approximate surface area is 83.7 Å². The zero-order chi connectivity index (χ0) is 9.71. The molecule has 0 saturated carbocycles. The van der Waals surface area contributed by atoms with Crippen molar-refractivity contribution in [3.8, 4) is 0 Å². The number of hydrogen-bond donors (Lipinski definition) is 0. The highest BCUT2D eigenvalue weighted by molar-refractivity contribution is 5.90. The second-order valence-corrected chi connectivity index (χ2v) is 4.11. The van der Waals surface area contributed by atoms with Gasteiger partial charge in [-0.15, -0.1) is 0 Å².